The third-order valence-electron chi connectivity index (χ3n) is 6.39. The van der Waals surface area contributed by atoms with Gasteiger partial charge in [0, 0.05) is 6.54 Å². The smallest absolute Gasteiger partial charge is 0.308 e. The summed E-state index contributed by atoms with van der Waals surface area (Å²) in [5.74, 6) is 0.486. The lowest BCUT2D eigenvalue weighted by Gasteiger charge is -2.35. The molecule has 0 N–H and O–H groups in total. The molecule has 0 aliphatic carbocycles. The Hall–Kier alpha value is -2.17. The number of methoxy groups -OCH3 is 1. The topological polar surface area (TPSA) is 38.8 Å². The van der Waals surface area contributed by atoms with Crippen LogP contribution in [0.1, 0.15) is 54.4 Å². The Morgan fingerprint density at radius 1 is 1.07 bits per heavy atom. The van der Waals surface area contributed by atoms with E-state index in [2.05, 4.69) is 59.5 Å². The van der Waals surface area contributed by atoms with Crippen LogP contribution < -0.4 is 0 Å². The van der Waals surface area contributed by atoms with Crippen molar-refractivity contribution in [2.45, 2.75) is 50.2 Å². The molecule has 0 aromatic heterocycles. The predicted octanol–water partition coefficient (Wildman–Crippen LogP) is 4.50. The molecule has 4 rings (SSSR count). The number of carbonyl (C=O) groups excluding carboxylic acids is 1. The summed E-state index contributed by atoms with van der Waals surface area (Å²) in [6.07, 6.45) is 4.47. The Morgan fingerprint density at radius 3 is 2.55 bits per heavy atom. The molecule has 1 fully saturated rings. The number of esters is 1. The molecule has 2 aromatic rings. The van der Waals surface area contributed by atoms with Crippen molar-refractivity contribution in [2.75, 3.05) is 26.7 Å². The third-order valence-corrected chi connectivity index (χ3v) is 6.39. The van der Waals surface area contributed by atoms with Crippen molar-refractivity contribution in [2.24, 2.45) is 0 Å². The van der Waals surface area contributed by atoms with Gasteiger partial charge in [0.25, 0.3) is 0 Å². The number of ether oxygens (including phenoxy) is 2. The van der Waals surface area contributed by atoms with Crippen molar-refractivity contribution < 1.29 is 14.3 Å². The molecule has 4 nitrogen and oxygen atoms in total. The highest BCUT2D eigenvalue weighted by atomic mass is 16.5. The lowest BCUT2D eigenvalue weighted by Crippen LogP contribution is -2.36. The molecule has 2 aliphatic rings. The maximum absolute atomic E-state index is 11.7. The van der Waals surface area contributed by atoms with E-state index in [9.17, 15) is 4.79 Å². The van der Waals surface area contributed by atoms with E-state index in [4.69, 9.17) is 9.47 Å². The molecule has 0 spiro atoms. The fraction of sp³-hybridized carbons (Fsp3) is 0.480. The fourth-order valence-corrected chi connectivity index (χ4v) is 4.76. The van der Waals surface area contributed by atoms with Crippen molar-refractivity contribution in [3.8, 4) is 0 Å². The first-order valence-corrected chi connectivity index (χ1v) is 10.8. The van der Waals surface area contributed by atoms with Crippen LogP contribution in [0.2, 0.25) is 0 Å². The summed E-state index contributed by atoms with van der Waals surface area (Å²) in [6, 6.07) is 19.4. The largest absolute Gasteiger partial charge is 0.469 e. The molecule has 1 saturated heterocycles. The number of benzene rings is 2. The highest BCUT2D eigenvalue weighted by molar-refractivity contribution is 5.69. The van der Waals surface area contributed by atoms with Crippen LogP contribution in [0, 0.1) is 0 Å². The molecule has 2 aromatic carbocycles. The van der Waals surface area contributed by atoms with E-state index in [-0.39, 0.29) is 18.2 Å². The van der Waals surface area contributed by atoms with Gasteiger partial charge in [-0.25, -0.2) is 0 Å². The number of hydrogen-bond donors (Lipinski definition) is 0. The zero-order valence-electron chi connectivity index (χ0n) is 17.3. The van der Waals surface area contributed by atoms with E-state index < -0.39 is 0 Å². The van der Waals surface area contributed by atoms with Gasteiger partial charge >= 0.3 is 5.97 Å². The quantitative estimate of drug-likeness (QED) is 0.677. The number of likely N-dealkylation sites (tertiary alicyclic amines) is 1. The Morgan fingerprint density at radius 2 is 1.79 bits per heavy atom. The van der Waals surface area contributed by atoms with Crippen LogP contribution >= 0.6 is 0 Å². The van der Waals surface area contributed by atoms with E-state index in [0.717, 1.165) is 32.5 Å². The zero-order valence-corrected chi connectivity index (χ0v) is 17.3. The molecule has 0 amide bonds. The fourth-order valence-electron chi connectivity index (χ4n) is 4.76. The van der Waals surface area contributed by atoms with E-state index in [1.807, 2.05) is 0 Å². The average molecular weight is 394 g/mol. The van der Waals surface area contributed by atoms with Gasteiger partial charge < -0.3 is 14.4 Å². The number of hydrogen-bond acceptors (Lipinski definition) is 4. The minimum Gasteiger partial charge on any atom is -0.469 e. The van der Waals surface area contributed by atoms with Gasteiger partial charge in [0.2, 0.25) is 0 Å². The normalized spacial score (nSPS) is 22.8. The molecule has 2 unspecified atom stereocenters. The third kappa shape index (κ3) is 5.06. The second-order valence-corrected chi connectivity index (χ2v) is 8.25. The first-order chi connectivity index (χ1) is 14.2. The number of carbonyl (C=O) groups is 1. The first kappa shape index (κ1) is 20.1. The molecule has 29 heavy (non-hydrogen) atoms. The van der Waals surface area contributed by atoms with Crippen LogP contribution in [0.25, 0.3) is 0 Å². The molecule has 2 aliphatic heterocycles. The van der Waals surface area contributed by atoms with Gasteiger partial charge in [0.05, 0.1) is 25.7 Å². The standard InChI is InChI=1S/C25H31NO3/c1-28-25(27)18-22-17-21-9-5-6-10-23(21)24(29-22)13-16-26-14-11-20(12-15-26)19-7-3-2-4-8-19/h2-10,20,22,24H,11-18H2,1H3. The maximum Gasteiger partial charge on any atom is 0.308 e. The van der Waals surface area contributed by atoms with Crippen molar-refractivity contribution in [1.29, 1.82) is 0 Å². The summed E-state index contributed by atoms with van der Waals surface area (Å²) in [4.78, 5) is 14.3. The van der Waals surface area contributed by atoms with Crippen LogP contribution in [-0.2, 0) is 20.7 Å². The van der Waals surface area contributed by atoms with Crippen molar-refractivity contribution in [1.82, 2.24) is 4.90 Å². The van der Waals surface area contributed by atoms with Gasteiger partial charge in [-0.3, -0.25) is 4.79 Å². The summed E-state index contributed by atoms with van der Waals surface area (Å²) in [7, 11) is 1.44. The molecule has 154 valence electrons. The molecule has 4 heteroatoms. The summed E-state index contributed by atoms with van der Waals surface area (Å²) in [5, 5.41) is 0. The lowest BCUT2D eigenvalue weighted by atomic mass is 9.89. The lowest BCUT2D eigenvalue weighted by molar-refractivity contribution is -0.145. The summed E-state index contributed by atoms with van der Waals surface area (Å²) >= 11 is 0. The maximum atomic E-state index is 11.7. The minimum atomic E-state index is -0.198. The monoisotopic (exact) mass is 393 g/mol. The Balaban J connectivity index is 1.33. The van der Waals surface area contributed by atoms with Gasteiger partial charge in [-0.15, -0.1) is 0 Å². The number of rotatable bonds is 6. The highest BCUT2D eigenvalue weighted by Crippen LogP contribution is 2.34. The zero-order chi connectivity index (χ0) is 20.1. The van der Waals surface area contributed by atoms with Crippen LogP contribution in [0.3, 0.4) is 0 Å². The second kappa shape index (κ2) is 9.55. The van der Waals surface area contributed by atoms with E-state index in [1.165, 1.54) is 36.6 Å². The van der Waals surface area contributed by atoms with Gasteiger partial charge in [0.1, 0.15) is 0 Å². The van der Waals surface area contributed by atoms with Crippen LogP contribution in [-0.4, -0.2) is 43.7 Å². The molecule has 0 bridgehead atoms. The molecular formula is C25H31NO3. The van der Waals surface area contributed by atoms with Gasteiger partial charge in [0.15, 0.2) is 0 Å². The van der Waals surface area contributed by atoms with Crippen molar-refractivity contribution in [3.63, 3.8) is 0 Å². The number of fused-ring (bicyclic) bond motifs is 1. The van der Waals surface area contributed by atoms with Gasteiger partial charge in [-0.2, -0.15) is 0 Å². The predicted molar refractivity (Wildman–Crippen MR) is 114 cm³/mol. The van der Waals surface area contributed by atoms with E-state index in [0.29, 0.717) is 12.3 Å². The minimum absolute atomic E-state index is 0.0569. The summed E-state index contributed by atoms with van der Waals surface area (Å²) in [5.41, 5.74) is 4.07. The molecular weight excluding hydrogens is 362 g/mol. The van der Waals surface area contributed by atoms with Crippen LogP contribution in [0.4, 0.5) is 0 Å². The number of nitrogens with zero attached hydrogens (tertiary/aromatic N) is 1. The molecule has 0 saturated carbocycles. The summed E-state index contributed by atoms with van der Waals surface area (Å²) in [6.45, 7) is 3.31. The second-order valence-electron chi connectivity index (χ2n) is 8.25. The van der Waals surface area contributed by atoms with E-state index >= 15 is 0 Å². The summed E-state index contributed by atoms with van der Waals surface area (Å²) < 4.78 is 11.2. The highest BCUT2D eigenvalue weighted by Gasteiger charge is 2.30. The average Bonchev–Trinajstić information content (AvgIpc) is 2.78. The van der Waals surface area contributed by atoms with Gasteiger partial charge in [-0.1, -0.05) is 54.6 Å². The van der Waals surface area contributed by atoms with Crippen molar-refractivity contribution in [3.05, 3.63) is 71.3 Å². The Kier molecular flexibility index (Phi) is 6.63. The van der Waals surface area contributed by atoms with Crippen LogP contribution in [0.5, 0.6) is 0 Å². The van der Waals surface area contributed by atoms with E-state index in [1.54, 1.807) is 0 Å². The van der Waals surface area contributed by atoms with Gasteiger partial charge in [-0.05, 0) is 61.4 Å². The number of piperidine rings is 1. The Labute approximate surface area is 173 Å². The molecule has 2 heterocycles. The first-order valence-electron chi connectivity index (χ1n) is 10.8. The SMILES string of the molecule is COC(=O)CC1Cc2ccccc2C(CCN2CCC(c3ccccc3)CC2)O1. The van der Waals surface area contributed by atoms with Crippen LogP contribution in [0.15, 0.2) is 54.6 Å². The molecule has 2 atom stereocenters. The van der Waals surface area contributed by atoms with Crippen molar-refractivity contribution >= 4 is 5.97 Å². The Bertz CT molecular complexity index is 799. The molecule has 0 radical (unpaired) electrons.